The number of aromatic nitrogens is 3. The number of rotatable bonds is 6. The highest BCUT2D eigenvalue weighted by molar-refractivity contribution is 14.0. The van der Waals surface area contributed by atoms with Crippen LogP contribution in [0.5, 0.6) is 5.75 Å². The molecule has 0 amide bonds. The van der Waals surface area contributed by atoms with Crippen molar-refractivity contribution < 1.29 is 4.74 Å². The summed E-state index contributed by atoms with van der Waals surface area (Å²) in [5.41, 5.74) is 0.957. The zero-order valence-corrected chi connectivity index (χ0v) is 19.4. The molecule has 1 saturated heterocycles. The molecule has 1 atom stereocenters. The summed E-state index contributed by atoms with van der Waals surface area (Å²) < 4.78 is 5.19. The summed E-state index contributed by atoms with van der Waals surface area (Å²) in [4.78, 5) is 11.4. The summed E-state index contributed by atoms with van der Waals surface area (Å²) in [7, 11) is 3.49. The van der Waals surface area contributed by atoms with Crippen molar-refractivity contribution in [3.8, 4) is 17.1 Å². The molecule has 1 aromatic heterocycles. The normalized spacial score (nSPS) is 17.0. The quantitative estimate of drug-likeness (QED) is 0.362. The number of hydrogen-bond donors (Lipinski definition) is 2. The van der Waals surface area contributed by atoms with Crippen LogP contribution in [0, 0.1) is 11.8 Å². The lowest BCUT2D eigenvalue weighted by Crippen LogP contribution is -2.39. The summed E-state index contributed by atoms with van der Waals surface area (Å²) >= 11 is 0. The molecule has 28 heavy (non-hydrogen) atoms. The highest BCUT2D eigenvalue weighted by atomic mass is 127. The first kappa shape index (κ1) is 22.4. The van der Waals surface area contributed by atoms with Crippen molar-refractivity contribution >= 4 is 29.9 Å². The van der Waals surface area contributed by atoms with E-state index in [-0.39, 0.29) is 24.0 Å². The van der Waals surface area contributed by atoms with Gasteiger partial charge in [0.1, 0.15) is 11.6 Å². The molecule has 2 N–H and O–H groups in total. The van der Waals surface area contributed by atoms with Crippen molar-refractivity contribution in [3.63, 3.8) is 0 Å². The van der Waals surface area contributed by atoms with Gasteiger partial charge in [0.2, 0.25) is 0 Å². The number of ether oxygens (including phenoxy) is 1. The van der Waals surface area contributed by atoms with E-state index in [2.05, 4.69) is 44.2 Å². The van der Waals surface area contributed by atoms with Gasteiger partial charge in [-0.05, 0) is 48.9 Å². The Morgan fingerprint density at radius 1 is 1.36 bits per heavy atom. The van der Waals surface area contributed by atoms with Gasteiger partial charge in [-0.2, -0.15) is 5.10 Å². The summed E-state index contributed by atoms with van der Waals surface area (Å²) in [5.74, 6) is 4.73. The number of H-pyrrole nitrogens is 1. The number of likely N-dealkylation sites (tertiary alicyclic amines) is 1. The fraction of sp³-hybridized carbons (Fsp3) is 0.550. The average Bonchev–Trinajstić information content (AvgIpc) is 3.32. The minimum Gasteiger partial charge on any atom is -0.497 e. The summed E-state index contributed by atoms with van der Waals surface area (Å²) in [6, 6.07) is 7.73. The maximum Gasteiger partial charge on any atom is 0.194 e. The molecule has 2 aromatic rings. The molecule has 0 saturated carbocycles. The molecule has 1 aliphatic heterocycles. The molecule has 1 unspecified atom stereocenters. The predicted octanol–water partition coefficient (Wildman–Crippen LogP) is 3.54. The Balaban J connectivity index is 0.00000280. The number of halogens is 1. The zero-order valence-electron chi connectivity index (χ0n) is 17.1. The topological polar surface area (TPSA) is 78.4 Å². The Labute approximate surface area is 184 Å². The number of nitrogens with zero attached hydrogens (tertiary/aromatic N) is 4. The van der Waals surface area contributed by atoms with E-state index in [4.69, 9.17) is 4.74 Å². The van der Waals surface area contributed by atoms with Gasteiger partial charge in [-0.15, -0.1) is 24.0 Å². The van der Waals surface area contributed by atoms with Crippen molar-refractivity contribution in [3.05, 3.63) is 30.1 Å². The van der Waals surface area contributed by atoms with E-state index in [1.165, 1.54) is 12.8 Å². The second-order valence-electron chi connectivity index (χ2n) is 7.47. The van der Waals surface area contributed by atoms with E-state index >= 15 is 0 Å². The minimum atomic E-state index is 0. The third-order valence-corrected chi connectivity index (χ3v) is 4.90. The predicted molar refractivity (Wildman–Crippen MR) is 123 cm³/mol. The maximum absolute atomic E-state index is 5.19. The molecule has 8 heteroatoms. The van der Waals surface area contributed by atoms with Gasteiger partial charge in [0, 0.05) is 25.7 Å². The van der Waals surface area contributed by atoms with Gasteiger partial charge < -0.3 is 15.0 Å². The minimum absolute atomic E-state index is 0. The second-order valence-corrected chi connectivity index (χ2v) is 7.47. The largest absolute Gasteiger partial charge is 0.497 e. The molecule has 0 spiro atoms. The highest BCUT2D eigenvalue weighted by Crippen LogP contribution is 2.23. The van der Waals surface area contributed by atoms with Crippen LogP contribution in [0.15, 0.2) is 29.3 Å². The summed E-state index contributed by atoms with van der Waals surface area (Å²) in [6.07, 6.45) is 2.52. The molecule has 2 heterocycles. The van der Waals surface area contributed by atoms with E-state index in [1.54, 1.807) is 7.11 Å². The van der Waals surface area contributed by atoms with Crippen LogP contribution in [0.1, 0.15) is 32.5 Å². The Kier molecular flexibility index (Phi) is 8.53. The molecular weight excluding hydrogens is 467 g/mol. The number of benzene rings is 1. The first-order chi connectivity index (χ1) is 13.1. The lowest BCUT2D eigenvalue weighted by Gasteiger charge is -2.21. The number of methoxy groups -OCH3 is 1. The molecule has 0 aliphatic carbocycles. The van der Waals surface area contributed by atoms with Crippen LogP contribution in [0.4, 0.5) is 0 Å². The first-order valence-corrected chi connectivity index (χ1v) is 9.60. The summed E-state index contributed by atoms with van der Waals surface area (Å²) in [6.45, 7) is 7.29. The van der Waals surface area contributed by atoms with Crippen LogP contribution in [-0.4, -0.2) is 53.3 Å². The Morgan fingerprint density at radius 3 is 2.75 bits per heavy atom. The summed E-state index contributed by atoms with van der Waals surface area (Å²) in [5, 5.41) is 10.7. The van der Waals surface area contributed by atoms with E-state index in [0.717, 1.165) is 48.0 Å². The standard InChI is InChI=1S/C20H30N6O.HI/c1-14(2)11-15-9-10-26(13-15)20(21-3)22-12-18-23-19(25-24-18)16-5-7-17(27-4)8-6-16;/h5-8,14-15H,9-13H2,1-4H3,(H,21,22)(H,23,24,25);1H. The lowest BCUT2D eigenvalue weighted by atomic mass is 9.97. The number of nitrogens with one attached hydrogen (secondary N) is 2. The Hall–Kier alpha value is -1.84. The molecular formula is C20H31IN6O. The van der Waals surface area contributed by atoms with E-state index in [0.29, 0.717) is 12.4 Å². The van der Waals surface area contributed by atoms with Crippen LogP contribution < -0.4 is 10.1 Å². The SMILES string of the molecule is CN=C(NCc1nc(-c2ccc(OC)cc2)n[nH]1)N1CCC(CC(C)C)C1.I. The zero-order chi connectivity index (χ0) is 19.2. The van der Waals surface area contributed by atoms with Crippen molar-refractivity contribution in [2.45, 2.75) is 33.2 Å². The van der Waals surface area contributed by atoms with Gasteiger partial charge in [0.25, 0.3) is 0 Å². The van der Waals surface area contributed by atoms with Gasteiger partial charge >= 0.3 is 0 Å². The third-order valence-electron chi connectivity index (χ3n) is 4.90. The van der Waals surface area contributed by atoms with Crippen LogP contribution in [0.25, 0.3) is 11.4 Å². The molecule has 1 fully saturated rings. The van der Waals surface area contributed by atoms with Crippen LogP contribution >= 0.6 is 24.0 Å². The number of aromatic amines is 1. The second kappa shape index (κ2) is 10.6. The average molecular weight is 498 g/mol. The van der Waals surface area contributed by atoms with Crippen LogP contribution in [-0.2, 0) is 6.54 Å². The number of hydrogen-bond acceptors (Lipinski definition) is 4. The third kappa shape index (κ3) is 5.83. The number of aliphatic imine (C=N–C) groups is 1. The van der Waals surface area contributed by atoms with Gasteiger partial charge in [-0.1, -0.05) is 13.8 Å². The molecule has 154 valence electrons. The molecule has 0 radical (unpaired) electrons. The van der Waals surface area contributed by atoms with Crippen molar-refractivity contribution in [2.75, 3.05) is 27.2 Å². The lowest BCUT2D eigenvalue weighted by molar-refractivity contribution is 0.403. The van der Waals surface area contributed by atoms with Gasteiger partial charge in [0.05, 0.1) is 13.7 Å². The van der Waals surface area contributed by atoms with Crippen LogP contribution in [0.2, 0.25) is 0 Å². The number of guanidine groups is 1. The maximum atomic E-state index is 5.19. The molecule has 7 nitrogen and oxygen atoms in total. The van der Waals surface area contributed by atoms with Gasteiger partial charge in [-0.3, -0.25) is 10.1 Å². The van der Waals surface area contributed by atoms with Gasteiger partial charge in [-0.25, -0.2) is 4.98 Å². The smallest absolute Gasteiger partial charge is 0.194 e. The monoisotopic (exact) mass is 498 g/mol. The molecule has 1 aromatic carbocycles. The van der Waals surface area contributed by atoms with Gasteiger partial charge in [0.15, 0.2) is 11.8 Å². The molecule has 3 rings (SSSR count). The fourth-order valence-corrected chi connectivity index (χ4v) is 3.62. The highest BCUT2D eigenvalue weighted by Gasteiger charge is 2.25. The fourth-order valence-electron chi connectivity index (χ4n) is 3.62. The van der Waals surface area contributed by atoms with Crippen LogP contribution in [0.3, 0.4) is 0 Å². The van der Waals surface area contributed by atoms with E-state index in [1.807, 2.05) is 31.3 Å². The Bertz CT molecular complexity index is 758. The molecule has 1 aliphatic rings. The van der Waals surface area contributed by atoms with Crippen molar-refractivity contribution in [1.29, 1.82) is 0 Å². The van der Waals surface area contributed by atoms with E-state index < -0.39 is 0 Å². The van der Waals surface area contributed by atoms with E-state index in [9.17, 15) is 0 Å². The van der Waals surface area contributed by atoms with Crippen molar-refractivity contribution in [1.82, 2.24) is 25.4 Å². The van der Waals surface area contributed by atoms with Crippen molar-refractivity contribution in [2.24, 2.45) is 16.8 Å². The first-order valence-electron chi connectivity index (χ1n) is 9.60. The Morgan fingerprint density at radius 2 is 2.11 bits per heavy atom. The molecule has 0 bridgehead atoms.